The van der Waals surface area contributed by atoms with Gasteiger partial charge in [0.15, 0.2) is 0 Å². The fourth-order valence-electron chi connectivity index (χ4n) is 1.44. The van der Waals surface area contributed by atoms with Crippen molar-refractivity contribution in [3.63, 3.8) is 0 Å². The zero-order valence-corrected chi connectivity index (χ0v) is 12.6. The number of sulfonamides is 1. The maximum atomic E-state index is 12.2. The summed E-state index contributed by atoms with van der Waals surface area (Å²) < 4.78 is 27.9. The van der Waals surface area contributed by atoms with Crippen molar-refractivity contribution >= 4 is 44.0 Å². The van der Waals surface area contributed by atoms with E-state index < -0.39 is 10.0 Å². The molecule has 0 fully saturated rings. The van der Waals surface area contributed by atoms with Crippen LogP contribution in [0.3, 0.4) is 0 Å². The van der Waals surface area contributed by atoms with E-state index in [2.05, 4.69) is 37.7 Å². The molecule has 0 spiro atoms. The number of aromatic nitrogens is 1. The second-order valence-corrected chi connectivity index (χ2v) is 6.46. The Bertz CT molecular complexity index is 673. The van der Waals surface area contributed by atoms with Crippen LogP contribution in [0.25, 0.3) is 0 Å². The number of anilines is 2. The number of pyridine rings is 1. The normalized spacial score (nSPS) is 11.1. The summed E-state index contributed by atoms with van der Waals surface area (Å²) in [7, 11) is -3.77. The fraction of sp³-hybridized carbons (Fsp3) is 0. The standard InChI is InChI=1S/C11H11IN4O2S/c12-8-3-5-9(6-4-8)16-19(17,18)11-10(15-13)2-1-7-14-11/h1-7,15-16H,13H2. The number of hydrazine groups is 1. The third-order valence-electron chi connectivity index (χ3n) is 2.28. The molecule has 1 aromatic carbocycles. The smallest absolute Gasteiger partial charge is 0.281 e. The lowest BCUT2D eigenvalue weighted by Gasteiger charge is -2.10. The van der Waals surface area contributed by atoms with E-state index in [4.69, 9.17) is 5.84 Å². The summed E-state index contributed by atoms with van der Waals surface area (Å²) in [5, 5.41) is -0.143. The van der Waals surface area contributed by atoms with Gasteiger partial charge in [-0.3, -0.25) is 10.6 Å². The number of halogens is 1. The van der Waals surface area contributed by atoms with Crippen LogP contribution in [0.2, 0.25) is 0 Å². The average Bonchev–Trinajstić information content (AvgIpc) is 2.41. The summed E-state index contributed by atoms with van der Waals surface area (Å²) in [5.41, 5.74) is 3.02. The molecule has 1 heterocycles. The van der Waals surface area contributed by atoms with Gasteiger partial charge in [-0.15, -0.1) is 0 Å². The molecule has 8 heteroatoms. The molecule has 0 aliphatic carbocycles. The maximum absolute atomic E-state index is 12.2. The van der Waals surface area contributed by atoms with Crippen LogP contribution in [-0.2, 0) is 10.0 Å². The Hall–Kier alpha value is -1.39. The summed E-state index contributed by atoms with van der Waals surface area (Å²) in [6.45, 7) is 0. The van der Waals surface area contributed by atoms with Gasteiger partial charge in [-0.2, -0.15) is 8.42 Å². The van der Waals surface area contributed by atoms with Crippen LogP contribution in [0, 0.1) is 3.57 Å². The highest BCUT2D eigenvalue weighted by molar-refractivity contribution is 14.1. The predicted octanol–water partition coefficient (Wildman–Crippen LogP) is 1.77. The van der Waals surface area contributed by atoms with Gasteiger partial charge in [-0.05, 0) is 59.0 Å². The van der Waals surface area contributed by atoms with Crippen molar-refractivity contribution in [1.29, 1.82) is 0 Å². The Labute approximate surface area is 124 Å². The summed E-state index contributed by atoms with van der Waals surface area (Å²) >= 11 is 2.14. The first-order valence-electron chi connectivity index (χ1n) is 5.23. The van der Waals surface area contributed by atoms with Crippen molar-refractivity contribution < 1.29 is 8.42 Å². The van der Waals surface area contributed by atoms with Gasteiger partial charge in [-0.1, -0.05) is 0 Å². The van der Waals surface area contributed by atoms with E-state index in [9.17, 15) is 8.42 Å². The molecule has 0 saturated heterocycles. The SMILES string of the molecule is NNc1cccnc1S(=O)(=O)Nc1ccc(I)cc1. The number of rotatable bonds is 4. The molecule has 0 aliphatic rings. The summed E-state index contributed by atoms with van der Waals surface area (Å²) in [6.07, 6.45) is 1.39. The van der Waals surface area contributed by atoms with E-state index in [0.29, 0.717) is 5.69 Å². The Morgan fingerprint density at radius 2 is 1.84 bits per heavy atom. The predicted molar refractivity (Wildman–Crippen MR) is 82.0 cm³/mol. The van der Waals surface area contributed by atoms with Crippen LogP contribution in [0.1, 0.15) is 0 Å². The molecule has 0 aliphatic heterocycles. The summed E-state index contributed by atoms with van der Waals surface area (Å²) in [5.74, 6) is 5.28. The van der Waals surface area contributed by atoms with E-state index in [0.717, 1.165) is 3.57 Å². The molecular weight excluding hydrogens is 379 g/mol. The molecule has 0 radical (unpaired) electrons. The van der Waals surface area contributed by atoms with Gasteiger partial charge in [0.25, 0.3) is 10.0 Å². The number of benzene rings is 1. The Kier molecular flexibility index (Phi) is 4.22. The van der Waals surface area contributed by atoms with Crippen LogP contribution < -0.4 is 16.0 Å². The minimum Gasteiger partial charge on any atom is -0.321 e. The highest BCUT2D eigenvalue weighted by atomic mass is 127. The van der Waals surface area contributed by atoms with E-state index in [1.807, 2.05) is 0 Å². The van der Waals surface area contributed by atoms with Crippen molar-refractivity contribution in [3.8, 4) is 0 Å². The van der Waals surface area contributed by atoms with Gasteiger partial charge in [0.1, 0.15) is 0 Å². The van der Waals surface area contributed by atoms with Crippen molar-refractivity contribution in [3.05, 3.63) is 46.2 Å². The molecule has 100 valence electrons. The molecule has 19 heavy (non-hydrogen) atoms. The van der Waals surface area contributed by atoms with Gasteiger partial charge in [0.05, 0.1) is 5.69 Å². The third-order valence-corrected chi connectivity index (χ3v) is 4.34. The lowest BCUT2D eigenvalue weighted by atomic mass is 10.3. The van der Waals surface area contributed by atoms with Gasteiger partial charge in [0, 0.05) is 15.5 Å². The highest BCUT2D eigenvalue weighted by Gasteiger charge is 2.19. The fourth-order valence-corrected chi connectivity index (χ4v) is 2.95. The molecule has 2 aromatic rings. The Morgan fingerprint density at radius 1 is 1.16 bits per heavy atom. The van der Waals surface area contributed by atoms with Crippen LogP contribution in [0.5, 0.6) is 0 Å². The lowest BCUT2D eigenvalue weighted by molar-refractivity contribution is 0.598. The zero-order valence-electron chi connectivity index (χ0n) is 9.67. The van der Waals surface area contributed by atoms with Crippen LogP contribution >= 0.6 is 22.6 Å². The van der Waals surface area contributed by atoms with Crippen molar-refractivity contribution in [2.45, 2.75) is 5.03 Å². The molecular formula is C11H11IN4O2S. The van der Waals surface area contributed by atoms with E-state index in [1.165, 1.54) is 12.3 Å². The van der Waals surface area contributed by atoms with Crippen molar-refractivity contribution in [2.75, 3.05) is 10.1 Å². The monoisotopic (exact) mass is 390 g/mol. The number of nitrogens with two attached hydrogens (primary N) is 1. The number of hydrogen-bond donors (Lipinski definition) is 3. The Morgan fingerprint density at radius 3 is 2.47 bits per heavy atom. The molecule has 2 rings (SSSR count). The number of nitrogens with one attached hydrogen (secondary N) is 2. The Balaban J connectivity index is 2.35. The van der Waals surface area contributed by atoms with Crippen LogP contribution in [0.15, 0.2) is 47.6 Å². The lowest BCUT2D eigenvalue weighted by Crippen LogP contribution is -2.18. The van der Waals surface area contributed by atoms with Crippen LogP contribution in [0.4, 0.5) is 11.4 Å². The zero-order chi connectivity index (χ0) is 13.9. The molecule has 0 amide bonds. The van der Waals surface area contributed by atoms with Gasteiger partial charge in [0.2, 0.25) is 5.03 Å². The molecule has 1 aromatic heterocycles. The van der Waals surface area contributed by atoms with Gasteiger partial charge >= 0.3 is 0 Å². The van der Waals surface area contributed by atoms with E-state index >= 15 is 0 Å². The molecule has 0 atom stereocenters. The van der Waals surface area contributed by atoms with E-state index in [1.54, 1.807) is 30.3 Å². The summed E-state index contributed by atoms with van der Waals surface area (Å²) in [6, 6.07) is 10.1. The molecule has 0 saturated carbocycles. The number of nitrogen functional groups attached to an aromatic ring is 1. The summed E-state index contributed by atoms with van der Waals surface area (Å²) in [4.78, 5) is 3.84. The molecule has 0 bridgehead atoms. The van der Waals surface area contributed by atoms with Crippen LogP contribution in [-0.4, -0.2) is 13.4 Å². The largest absolute Gasteiger partial charge is 0.321 e. The molecule has 0 unspecified atom stereocenters. The number of hydrogen-bond acceptors (Lipinski definition) is 5. The first-order valence-corrected chi connectivity index (χ1v) is 7.79. The van der Waals surface area contributed by atoms with Gasteiger partial charge < -0.3 is 5.43 Å². The molecule has 4 N–H and O–H groups in total. The van der Waals surface area contributed by atoms with E-state index in [-0.39, 0.29) is 10.7 Å². The topological polar surface area (TPSA) is 97.1 Å². The number of nitrogens with zero attached hydrogens (tertiary/aromatic N) is 1. The minimum absolute atomic E-state index is 0.143. The quantitative estimate of drug-likeness (QED) is 0.420. The first kappa shape index (κ1) is 14.0. The second-order valence-electron chi connectivity index (χ2n) is 3.61. The second kappa shape index (κ2) is 5.72. The minimum atomic E-state index is -3.77. The van der Waals surface area contributed by atoms with Crippen molar-refractivity contribution in [1.82, 2.24) is 4.98 Å². The molecule has 6 nitrogen and oxygen atoms in total. The highest BCUT2D eigenvalue weighted by Crippen LogP contribution is 2.20. The first-order chi connectivity index (χ1) is 9.03. The third kappa shape index (κ3) is 3.33. The van der Waals surface area contributed by atoms with Gasteiger partial charge in [-0.25, -0.2) is 4.98 Å². The van der Waals surface area contributed by atoms with Crippen molar-refractivity contribution in [2.24, 2.45) is 5.84 Å². The maximum Gasteiger partial charge on any atom is 0.281 e. The average molecular weight is 390 g/mol.